The standard InChI is InChI=1S/C18H17Cl2N5O3/c1-10-17(22-18(28)15-6-7-21-25(15)9-16(26)27)11(2)24(23-10)8-12-13(19)4-3-5-14(12)20/h3-7H,8-9H2,1-2H3,(H,22,28)(H,26,27). The molecule has 146 valence electrons. The molecule has 2 N–H and O–H groups in total. The third kappa shape index (κ3) is 4.02. The summed E-state index contributed by atoms with van der Waals surface area (Å²) in [6.45, 7) is 3.52. The van der Waals surface area contributed by atoms with Gasteiger partial charge in [-0.2, -0.15) is 10.2 Å². The number of aromatic nitrogens is 4. The fourth-order valence-corrected chi connectivity index (χ4v) is 3.34. The van der Waals surface area contributed by atoms with Crippen molar-refractivity contribution < 1.29 is 14.7 Å². The molecule has 0 bridgehead atoms. The monoisotopic (exact) mass is 421 g/mol. The summed E-state index contributed by atoms with van der Waals surface area (Å²) in [5.74, 6) is -1.56. The van der Waals surface area contributed by atoms with Gasteiger partial charge < -0.3 is 10.4 Å². The van der Waals surface area contributed by atoms with Crippen LogP contribution in [0.4, 0.5) is 5.69 Å². The van der Waals surface area contributed by atoms with Gasteiger partial charge in [-0.15, -0.1) is 0 Å². The van der Waals surface area contributed by atoms with E-state index in [0.717, 1.165) is 10.2 Å². The first-order valence-corrected chi connectivity index (χ1v) is 9.05. The second kappa shape index (κ2) is 8.04. The molecule has 0 atom stereocenters. The lowest BCUT2D eigenvalue weighted by Crippen LogP contribution is -2.21. The number of amides is 1. The first kappa shape index (κ1) is 19.9. The van der Waals surface area contributed by atoms with Crippen molar-refractivity contribution in [2.75, 3.05) is 5.32 Å². The van der Waals surface area contributed by atoms with Crippen LogP contribution in [0.5, 0.6) is 0 Å². The van der Waals surface area contributed by atoms with Gasteiger partial charge in [0.25, 0.3) is 5.91 Å². The topological polar surface area (TPSA) is 102 Å². The van der Waals surface area contributed by atoms with Gasteiger partial charge in [0.15, 0.2) is 0 Å². The zero-order chi connectivity index (χ0) is 20.4. The van der Waals surface area contributed by atoms with E-state index in [0.29, 0.717) is 33.7 Å². The predicted molar refractivity (Wildman–Crippen MR) is 105 cm³/mol. The lowest BCUT2D eigenvalue weighted by molar-refractivity contribution is -0.137. The van der Waals surface area contributed by atoms with Crippen molar-refractivity contribution >= 4 is 40.8 Å². The van der Waals surface area contributed by atoms with Gasteiger partial charge in [-0.25, -0.2) is 4.68 Å². The quantitative estimate of drug-likeness (QED) is 0.634. The molecule has 0 radical (unpaired) electrons. The molecule has 0 fully saturated rings. The molecule has 0 saturated heterocycles. The number of benzene rings is 1. The summed E-state index contributed by atoms with van der Waals surface area (Å²) in [6.07, 6.45) is 1.38. The number of anilines is 1. The third-order valence-electron chi connectivity index (χ3n) is 4.22. The molecular weight excluding hydrogens is 405 g/mol. The summed E-state index contributed by atoms with van der Waals surface area (Å²) >= 11 is 12.5. The zero-order valence-electron chi connectivity index (χ0n) is 15.1. The number of carboxylic acid groups (broad SMARTS) is 1. The number of carboxylic acids is 1. The Hall–Kier alpha value is -2.84. The van der Waals surface area contributed by atoms with Gasteiger partial charge in [0.1, 0.15) is 12.2 Å². The Morgan fingerprint density at radius 1 is 1.14 bits per heavy atom. The Kier molecular flexibility index (Phi) is 5.71. The van der Waals surface area contributed by atoms with Gasteiger partial charge in [0.2, 0.25) is 0 Å². The van der Waals surface area contributed by atoms with Gasteiger partial charge >= 0.3 is 5.97 Å². The van der Waals surface area contributed by atoms with Crippen LogP contribution in [0.25, 0.3) is 0 Å². The highest BCUT2D eigenvalue weighted by molar-refractivity contribution is 6.36. The zero-order valence-corrected chi connectivity index (χ0v) is 16.6. The van der Waals surface area contributed by atoms with E-state index in [2.05, 4.69) is 15.5 Å². The van der Waals surface area contributed by atoms with E-state index in [1.165, 1.54) is 12.3 Å². The maximum absolute atomic E-state index is 12.6. The smallest absolute Gasteiger partial charge is 0.325 e. The van der Waals surface area contributed by atoms with E-state index >= 15 is 0 Å². The number of aliphatic carboxylic acids is 1. The molecular formula is C18H17Cl2N5O3. The fourth-order valence-electron chi connectivity index (χ4n) is 2.82. The van der Waals surface area contributed by atoms with E-state index in [9.17, 15) is 9.59 Å². The Morgan fingerprint density at radius 2 is 1.82 bits per heavy atom. The second-order valence-electron chi connectivity index (χ2n) is 6.13. The number of hydrogen-bond donors (Lipinski definition) is 2. The molecule has 1 aromatic carbocycles. The Balaban J connectivity index is 1.86. The minimum absolute atomic E-state index is 0.142. The van der Waals surface area contributed by atoms with Crippen LogP contribution >= 0.6 is 23.2 Å². The molecule has 8 nitrogen and oxygen atoms in total. The van der Waals surface area contributed by atoms with Gasteiger partial charge in [-0.1, -0.05) is 29.3 Å². The summed E-state index contributed by atoms with van der Waals surface area (Å²) in [5.41, 5.74) is 2.73. The maximum Gasteiger partial charge on any atom is 0.325 e. The highest BCUT2D eigenvalue weighted by Crippen LogP contribution is 2.27. The van der Waals surface area contributed by atoms with Crippen LogP contribution in [0.1, 0.15) is 27.4 Å². The highest BCUT2D eigenvalue weighted by Gasteiger charge is 2.19. The average molecular weight is 422 g/mol. The third-order valence-corrected chi connectivity index (χ3v) is 4.93. The van der Waals surface area contributed by atoms with E-state index in [4.69, 9.17) is 28.3 Å². The molecule has 1 amide bonds. The summed E-state index contributed by atoms with van der Waals surface area (Å²) < 4.78 is 2.82. The lowest BCUT2D eigenvalue weighted by atomic mass is 10.2. The van der Waals surface area contributed by atoms with E-state index < -0.39 is 18.4 Å². The predicted octanol–water partition coefficient (Wildman–Crippen LogP) is 3.39. The van der Waals surface area contributed by atoms with Gasteiger partial charge in [0, 0.05) is 21.8 Å². The number of aryl methyl sites for hydroxylation is 1. The first-order valence-electron chi connectivity index (χ1n) is 8.29. The average Bonchev–Trinajstić information content (AvgIpc) is 3.17. The Bertz CT molecular complexity index is 1040. The summed E-state index contributed by atoms with van der Waals surface area (Å²) in [6, 6.07) is 6.72. The molecule has 0 aliphatic heterocycles. The normalized spacial score (nSPS) is 10.9. The van der Waals surface area contributed by atoms with E-state index in [1.807, 2.05) is 6.92 Å². The van der Waals surface area contributed by atoms with Crippen molar-refractivity contribution in [1.29, 1.82) is 0 Å². The van der Waals surface area contributed by atoms with E-state index in [1.54, 1.807) is 29.8 Å². The molecule has 28 heavy (non-hydrogen) atoms. The van der Waals surface area contributed by atoms with Crippen molar-refractivity contribution in [2.24, 2.45) is 0 Å². The van der Waals surface area contributed by atoms with Crippen LogP contribution < -0.4 is 5.32 Å². The summed E-state index contributed by atoms with van der Waals surface area (Å²) in [7, 11) is 0. The first-order chi connectivity index (χ1) is 13.3. The van der Waals surface area contributed by atoms with Crippen molar-refractivity contribution in [3.63, 3.8) is 0 Å². The number of rotatable bonds is 6. The van der Waals surface area contributed by atoms with Crippen molar-refractivity contribution in [3.8, 4) is 0 Å². The second-order valence-corrected chi connectivity index (χ2v) is 6.94. The molecule has 3 rings (SSSR count). The van der Waals surface area contributed by atoms with Crippen LogP contribution in [-0.2, 0) is 17.9 Å². The van der Waals surface area contributed by atoms with Gasteiger partial charge in [0.05, 0.1) is 23.6 Å². The lowest BCUT2D eigenvalue weighted by Gasteiger charge is -2.10. The molecule has 10 heteroatoms. The Labute approximate surface area is 170 Å². The largest absolute Gasteiger partial charge is 0.480 e. The van der Waals surface area contributed by atoms with Gasteiger partial charge in [-0.3, -0.25) is 14.3 Å². The molecule has 2 heterocycles. The number of carbonyl (C=O) groups excluding carboxylic acids is 1. The van der Waals surface area contributed by atoms with Crippen LogP contribution in [-0.4, -0.2) is 36.5 Å². The van der Waals surface area contributed by atoms with Crippen molar-refractivity contribution in [2.45, 2.75) is 26.9 Å². The van der Waals surface area contributed by atoms with Crippen LogP contribution in [0.3, 0.4) is 0 Å². The molecule has 0 unspecified atom stereocenters. The highest BCUT2D eigenvalue weighted by atomic mass is 35.5. The number of carbonyl (C=O) groups is 2. The number of nitrogens with zero attached hydrogens (tertiary/aromatic N) is 4. The molecule has 3 aromatic rings. The van der Waals surface area contributed by atoms with Crippen LogP contribution in [0.15, 0.2) is 30.5 Å². The van der Waals surface area contributed by atoms with Gasteiger partial charge in [-0.05, 0) is 32.0 Å². The number of halogens is 2. The molecule has 0 saturated carbocycles. The minimum atomic E-state index is -1.09. The number of hydrogen-bond acceptors (Lipinski definition) is 4. The summed E-state index contributed by atoms with van der Waals surface area (Å²) in [5, 5.41) is 21.1. The number of nitrogens with one attached hydrogen (secondary N) is 1. The van der Waals surface area contributed by atoms with Crippen molar-refractivity contribution in [1.82, 2.24) is 19.6 Å². The maximum atomic E-state index is 12.6. The SMILES string of the molecule is Cc1nn(Cc2c(Cl)cccc2Cl)c(C)c1NC(=O)c1ccnn1CC(=O)O. The van der Waals surface area contributed by atoms with Crippen LogP contribution in [0, 0.1) is 13.8 Å². The van der Waals surface area contributed by atoms with E-state index in [-0.39, 0.29) is 5.69 Å². The fraction of sp³-hybridized carbons (Fsp3) is 0.222. The summed E-state index contributed by atoms with van der Waals surface area (Å²) in [4.78, 5) is 23.5. The molecule has 0 aliphatic carbocycles. The Morgan fingerprint density at radius 3 is 2.46 bits per heavy atom. The van der Waals surface area contributed by atoms with Crippen molar-refractivity contribution in [3.05, 3.63) is 63.2 Å². The minimum Gasteiger partial charge on any atom is -0.480 e. The molecule has 2 aromatic heterocycles. The molecule has 0 aliphatic rings. The molecule has 0 spiro atoms. The van der Waals surface area contributed by atoms with Crippen LogP contribution in [0.2, 0.25) is 10.0 Å².